The van der Waals surface area contributed by atoms with Gasteiger partial charge < -0.3 is 14.6 Å². The third-order valence-corrected chi connectivity index (χ3v) is 5.49. The fraction of sp³-hybridized carbons (Fsp3) is 0.556. The Bertz CT molecular complexity index is 607. The number of hydrogen-bond acceptors (Lipinski definition) is 6. The minimum Gasteiger partial charge on any atom is -0.466 e. The largest absolute Gasteiger partial charge is 0.466 e. The Balaban J connectivity index is 2.77. The average Bonchev–Trinajstić information content (AvgIpc) is 2.62. The zero-order valence-electron chi connectivity index (χ0n) is 15.6. The number of benzene rings is 1. The second-order valence-corrected chi connectivity index (χ2v) is 7.80. The summed E-state index contributed by atoms with van der Waals surface area (Å²) >= 11 is 0. The van der Waals surface area contributed by atoms with Gasteiger partial charge in [-0.05, 0) is 19.4 Å². The molecule has 146 valence electrons. The molecule has 0 aliphatic heterocycles. The Morgan fingerprint density at radius 1 is 1.12 bits per heavy atom. The summed E-state index contributed by atoms with van der Waals surface area (Å²) in [6, 6.07) is 9.30. The maximum Gasteiger partial charge on any atom is 0.331 e. The maximum absolute atomic E-state index is 12.7. The van der Waals surface area contributed by atoms with Crippen LogP contribution in [0, 0.1) is 0 Å². The Labute approximate surface area is 154 Å². The molecule has 1 aromatic rings. The van der Waals surface area contributed by atoms with Crippen LogP contribution in [0.5, 0.6) is 0 Å². The van der Waals surface area contributed by atoms with Gasteiger partial charge in [-0.2, -0.15) is 0 Å². The van der Waals surface area contributed by atoms with Crippen molar-refractivity contribution < 1.29 is 27.9 Å². The van der Waals surface area contributed by atoms with Crippen LogP contribution in [-0.2, 0) is 34.4 Å². The summed E-state index contributed by atoms with van der Waals surface area (Å²) in [7, 11) is -3.36. The van der Waals surface area contributed by atoms with Crippen molar-refractivity contribution in [1.29, 1.82) is 0 Å². The lowest BCUT2D eigenvalue weighted by Gasteiger charge is -2.23. The van der Waals surface area contributed by atoms with E-state index in [1.807, 2.05) is 30.3 Å². The zero-order valence-corrected chi connectivity index (χ0v) is 16.5. The summed E-state index contributed by atoms with van der Waals surface area (Å²) < 4.78 is 28.3. The Hall–Kier alpha value is -1.69. The predicted octanol–water partition coefficient (Wildman–Crippen LogP) is 2.93. The number of esters is 1. The van der Waals surface area contributed by atoms with E-state index < -0.39 is 19.6 Å². The number of carbonyl (C=O) groups is 2. The van der Waals surface area contributed by atoms with E-state index in [2.05, 4.69) is 5.32 Å². The molecule has 1 aromatic carbocycles. The highest BCUT2D eigenvalue weighted by molar-refractivity contribution is 7.53. The first-order chi connectivity index (χ1) is 12.4. The number of carbonyl (C=O) groups excluding carboxylic acids is 2. The van der Waals surface area contributed by atoms with Gasteiger partial charge in [-0.1, -0.05) is 37.3 Å². The zero-order chi connectivity index (χ0) is 19.4. The molecule has 1 N–H and O–H groups in total. The van der Waals surface area contributed by atoms with E-state index in [0.29, 0.717) is 6.61 Å². The van der Waals surface area contributed by atoms with Gasteiger partial charge in [0.2, 0.25) is 5.91 Å². The van der Waals surface area contributed by atoms with Crippen molar-refractivity contribution >= 4 is 19.5 Å². The average molecular weight is 385 g/mol. The lowest BCUT2D eigenvalue weighted by molar-refractivity contribution is -0.143. The normalized spacial score (nSPS) is 14.3. The van der Waals surface area contributed by atoms with Crippen molar-refractivity contribution in [2.45, 2.75) is 39.7 Å². The monoisotopic (exact) mass is 385 g/mol. The first-order valence-electron chi connectivity index (χ1n) is 8.83. The molecule has 0 heterocycles. The lowest BCUT2D eigenvalue weighted by atomic mass is 10.1. The van der Waals surface area contributed by atoms with E-state index in [1.165, 1.54) is 0 Å². The van der Waals surface area contributed by atoms with Crippen LogP contribution in [0.1, 0.15) is 32.8 Å². The molecule has 1 rings (SSSR count). The lowest BCUT2D eigenvalue weighted by Crippen LogP contribution is -2.38. The molecule has 0 fully saturated rings. The van der Waals surface area contributed by atoms with Gasteiger partial charge in [-0.15, -0.1) is 0 Å². The summed E-state index contributed by atoms with van der Waals surface area (Å²) in [4.78, 5) is 23.9. The smallest absolute Gasteiger partial charge is 0.331 e. The topological polar surface area (TPSA) is 90.9 Å². The van der Waals surface area contributed by atoms with Gasteiger partial charge in [0.25, 0.3) is 0 Å². The van der Waals surface area contributed by atoms with Crippen LogP contribution >= 0.6 is 7.60 Å². The SMILES string of the molecule is CCOC(=O)CCNC(=O)[C@H](Cc1ccccc1)OP(=O)(CC)OCC. The molecule has 0 spiro atoms. The molecule has 0 aliphatic rings. The molecular formula is C18H28NO6P. The Morgan fingerprint density at radius 2 is 1.81 bits per heavy atom. The van der Waals surface area contributed by atoms with Crippen molar-refractivity contribution in [3.8, 4) is 0 Å². The van der Waals surface area contributed by atoms with E-state index in [0.717, 1.165) is 5.56 Å². The number of rotatable bonds is 12. The van der Waals surface area contributed by atoms with Crippen LogP contribution in [0.3, 0.4) is 0 Å². The van der Waals surface area contributed by atoms with E-state index >= 15 is 0 Å². The van der Waals surface area contributed by atoms with Gasteiger partial charge in [0.15, 0.2) is 0 Å². The Kier molecular flexibility index (Phi) is 10.2. The van der Waals surface area contributed by atoms with Gasteiger partial charge in [-0.25, -0.2) is 0 Å². The number of ether oxygens (including phenoxy) is 1. The van der Waals surface area contributed by atoms with Crippen molar-refractivity contribution in [3.63, 3.8) is 0 Å². The maximum atomic E-state index is 12.7. The molecule has 0 aliphatic carbocycles. The van der Waals surface area contributed by atoms with Gasteiger partial charge in [0.05, 0.1) is 19.6 Å². The highest BCUT2D eigenvalue weighted by Crippen LogP contribution is 2.49. The van der Waals surface area contributed by atoms with E-state index in [-0.39, 0.29) is 38.1 Å². The van der Waals surface area contributed by atoms with Crippen LogP contribution in [0.2, 0.25) is 0 Å². The fourth-order valence-corrected chi connectivity index (χ4v) is 3.57. The molecule has 7 nitrogen and oxygen atoms in total. The number of hydrogen-bond donors (Lipinski definition) is 1. The number of amides is 1. The minimum atomic E-state index is -3.36. The van der Waals surface area contributed by atoms with Gasteiger partial charge in [0.1, 0.15) is 6.10 Å². The van der Waals surface area contributed by atoms with Crippen LogP contribution in [0.25, 0.3) is 0 Å². The summed E-state index contributed by atoms with van der Waals surface area (Å²) in [6.45, 7) is 5.77. The standard InChI is InChI=1S/C18H28NO6P/c1-4-23-17(20)12-13-19-18(21)16(14-15-10-8-7-9-11-15)25-26(22,6-3)24-5-2/h7-11,16H,4-6,12-14H2,1-3H3,(H,19,21)/t16-,26?/m0/s1. The summed E-state index contributed by atoms with van der Waals surface area (Å²) in [5, 5.41) is 2.64. The molecule has 1 unspecified atom stereocenters. The molecule has 0 bridgehead atoms. The first kappa shape index (κ1) is 22.4. The molecule has 0 saturated carbocycles. The molecule has 0 aromatic heterocycles. The molecule has 0 saturated heterocycles. The summed E-state index contributed by atoms with van der Waals surface area (Å²) in [5.74, 6) is -0.826. The molecule has 8 heteroatoms. The fourth-order valence-electron chi connectivity index (χ4n) is 2.23. The summed E-state index contributed by atoms with van der Waals surface area (Å²) in [5.41, 5.74) is 0.872. The third-order valence-electron chi connectivity index (χ3n) is 3.49. The van der Waals surface area contributed by atoms with E-state index in [4.69, 9.17) is 13.8 Å². The molecule has 2 atom stereocenters. The highest BCUT2D eigenvalue weighted by atomic mass is 31.2. The molecule has 0 radical (unpaired) electrons. The van der Waals surface area contributed by atoms with E-state index in [1.54, 1.807) is 20.8 Å². The number of nitrogens with one attached hydrogen (secondary N) is 1. The van der Waals surface area contributed by atoms with Crippen LogP contribution in [-0.4, -0.2) is 43.9 Å². The summed E-state index contributed by atoms with van der Waals surface area (Å²) in [6.07, 6.45) is -0.489. The van der Waals surface area contributed by atoms with Crippen LogP contribution in [0.4, 0.5) is 0 Å². The predicted molar refractivity (Wildman–Crippen MR) is 99.1 cm³/mol. The highest BCUT2D eigenvalue weighted by Gasteiger charge is 2.31. The van der Waals surface area contributed by atoms with Gasteiger partial charge in [0, 0.05) is 19.1 Å². The van der Waals surface area contributed by atoms with E-state index in [9.17, 15) is 14.2 Å². The van der Waals surface area contributed by atoms with Crippen molar-refractivity contribution in [1.82, 2.24) is 5.32 Å². The van der Waals surface area contributed by atoms with Crippen LogP contribution in [0.15, 0.2) is 30.3 Å². The molecular weight excluding hydrogens is 357 g/mol. The molecule has 26 heavy (non-hydrogen) atoms. The molecule has 1 amide bonds. The minimum absolute atomic E-state index is 0.0640. The first-order valence-corrected chi connectivity index (χ1v) is 10.6. The van der Waals surface area contributed by atoms with Gasteiger partial charge >= 0.3 is 13.6 Å². The van der Waals surface area contributed by atoms with Gasteiger partial charge in [-0.3, -0.25) is 18.7 Å². The van der Waals surface area contributed by atoms with Crippen LogP contribution < -0.4 is 5.32 Å². The second-order valence-electron chi connectivity index (χ2n) is 5.47. The van der Waals surface area contributed by atoms with Crippen molar-refractivity contribution in [2.75, 3.05) is 25.9 Å². The Morgan fingerprint density at radius 3 is 2.38 bits per heavy atom. The quantitative estimate of drug-likeness (QED) is 0.439. The van der Waals surface area contributed by atoms with Crippen molar-refractivity contribution in [2.24, 2.45) is 0 Å². The third kappa shape index (κ3) is 8.13. The van der Waals surface area contributed by atoms with Crippen molar-refractivity contribution in [3.05, 3.63) is 35.9 Å². The second kappa shape index (κ2) is 11.8.